The molecule has 1 aromatic heterocycles. The lowest BCUT2D eigenvalue weighted by atomic mass is 10.1. The van der Waals surface area contributed by atoms with Gasteiger partial charge in [-0.15, -0.1) is 0 Å². The number of ether oxygens (including phenoxy) is 1. The van der Waals surface area contributed by atoms with Crippen LogP contribution in [0.25, 0.3) is 0 Å². The molecule has 0 aliphatic heterocycles. The van der Waals surface area contributed by atoms with E-state index in [0.29, 0.717) is 5.75 Å². The number of hydrogen-bond donors (Lipinski definition) is 0. The largest absolute Gasteiger partial charge is 0.496 e. The second-order valence-corrected chi connectivity index (χ2v) is 6.31. The first-order chi connectivity index (χ1) is 9.13. The van der Waals surface area contributed by atoms with E-state index in [4.69, 9.17) is 4.74 Å². The Labute approximate surface area is 116 Å². The molecule has 0 saturated carbocycles. The number of nitrogens with zero attached hydrogens (tertiary/aromatic N) is 1. The van der Waals surface area contributed by atoms with Crippen molar-refractivity contribution in [2.45, 2.75) is 31.3 Å². The van der Waals surface area contributed by atoms with Gasteiger partial charge in [0, 0.05) is 28.1 Å². The van der Waals surface area contributed by atoms with Crippen molar-refractivity contribution in [2.24, 2.45) is 0 Å². The molecule has 0 radical (unpaired) electrons. The van der Waals surface area contributed by atoms with Gasteiger partial charge in [0.2, 0.25) is 0 Å². The number of rotatable bonds is 4. The average Bonchev–Trinajstić information content (AvgIpc) is 2.43. The summed E-state index contributed by atoms with van der Waals surface area (Å²) >= 11 is 0. The van der Waals surface area contributed by atoms with E-state index in [1.165, 1.54) is 0 Å². The topological polar surface area (TPSA) is 39.2 Å². The number of pyridine rings is 1. The molecule has 2 unspecified atom stereocenters. The zero-order chi connectivity index (χ0) is 13.8. The first-order valence-corrected chi connectivity index (χ1v) is 7.71. The molecule has 0 spiro atoms. The first kappa shape index (κ1) is 14.0. The highest BCUT2D eigenvalue weighted by Gasteiger charge is 2.17. The lowest BCUT2D eigenvalue weighted by Gasteiger charge is -2.15. The van der Waals surface area contributed by atoms with Gasteiger partial charge in [-0.25, -0.2) is 0 Å². The summed E-state index contributed by atoms with van der Waals surface area (Å²) in [6.07, 6.45) is 10.6. The van der Waals surface area contributed by atoms with Gasteiger partial charge in [0.05, 0.1) is 23.8 Å². The zero-order valence-electron chi connectivity index (χ0n) is 11.6. The molecule has 2 rings (SSSR count). The van der Waals surface area contributed by atoms with Gasteiger partial charge in [0.1, 0.15) is 5.75 Å². The molecular formula is C15H19NO2S. The Bertz CT molecular complexity index is 549. The fraction of sp³-hybridized carbons (Fsp3) is 0.400. The number of methoxy groups -OCH3 is 1. The summed E-state index contributed by atoms with van der Waals surface area (Å²) in [4.78, 5) is 4.41. The second-order valence-electron chi connectivity index (χ2n) is 4.66. The van der Waals surface area contributed by atoms with E-state index in [1.807, 2.05) is 32.1 Å². The SMILES string of the molecule is COc1c(C)cnc(CS(=O)C2C=CC=CC2)c1C. The van der Waals surface area contributed by atoms with E-state index in [0.717, 1.165) is 29.0 Å². The van der Waals surface area contributed by atoms with Crippen molar-refractivity contribution in [3.8, 4) is 5.75 Å². The third-order valence-corrected chi connectivity index (χ3v) is 4.89. The number of aryl methyl sites for hydroxylation is 1. The predicted molar refractivity (Wildman–Crippen MR) is 78.8 cm³/mol. The molecule has 1 aliphatic rings. The summed E-state index contributed by atoms with van der Waals surface area (Å²) in [5.74, 6) is 1.33. The third-order valence-electron chi connectivity index (χ3n) is 3.31. The highest BCUT2D eigenvalue weighted by Crippen LogP contribution is 2.25. The third kappa shape index (κ3) is 3.13. The number of allylic oxidation sites excluding steroid dienone is 3. The van der Waals surface area contributed by atoms with Crippen LogP contribution >= 0.6 is 0 Å². The van der Waals surface area contributed by atoms with E-state index in [1.54, 1.807) is 13.3 Å². The molecule has 2 atom stereocenters. The lowest BCUT2D eigenvalue weighted by molar-refractivity contribution is 0.407. The maximum atomic E-state index is 12.3. The monoisotopic (exact) mass is 277 g/mol. The highest BCUT2D eigenvalue weighted by atomic mass is 32.2. The van der Waals surface area contributed by atoms with Crippen molar-refractivity contribution in [1.29, 1.82) is 0 Å². The Morgan fingerprint density at radius 2 is 2.21 bits per heavy atom. The minimum Gasteiger partial charge on any atom is -0.496 e. The van der Waals surface area contributed by atoms with E-state index >= 15 is 0 Å². The van der Waals surface area contributed by atoms with E-state index in [2.05, 4.69) is 11.1 Å². The van der Waals surface area contributed by atoms with E-state index < -0.39 is 10.8 Å². The van der Waals surface area contributed by atoms with Crippen LogP contribution in [0, 0.1) is 13.8 Å². The Morgan fingerprint density at radius 3 is 2.84 bits per heavy atom. The van der Waals surface area contributed by atoms with Gasteiger partial charge in [-0.05, 0) is 20.3 Å². The molecule has 0 bridgehead atoms. The van der Waals surface area contributed by atoms with Crippen LogP contribution in [-0.2, 0) is 16.6 Å². The molecule has 4 heteroatoms. The summed E-state index contributed by atoms with van der Waals surface area (Å²) in [7, 11) is 0.717. The van der Waals surface area contributed by atoms with Gasteiger partial charge >= 0.3 is 0 Å². The molecular weight excluding hydrogens is 258 g/mol. The molecule has 0 N–H and O–H groups in total. The van der Waals surface area contributed by atoms with Gasteiger partial charge in [-0.3, -0.25) is 9.19 Å². The van der Waals surface area contributed by atoms with Gasteiger partial charge in [-0.1, -0.05) is 24.3 Å². The van der Waals surface area contributed by atoms with E-state index in [-0.39, 0.29) is 5.25 Å². The Kier molecular flexibility index (Phi) is 4.53. The van der Waals surface area contributed by atoms with Crippen LogP contribution in [0.5, 0.6) is 5.75 Å². The molecule has 0 aromatic carbocycles. The van der Waals surface area contributed by atoms with Crippen molar-refractivity contribution >= 4 is 10.8 Å². The summed E-state index contributed by atoms with van der Waals surface area (Å²) in [6, 6.07) is 0. The Morgan fingerprint density at radius 1 is 1.42 bits per heavy atom. The van der Waals surface area contributed by atoms with Crippen LogP contribution in [0.2, 0.25) is 0 Å². The molecule has 19 heavy (non-hydrogen) atoms. The summed E-state index contributed by atoms with van der Waals surface area (Å²) in [6.45, 7) is 3.94. The molecule has 0 amide bonds. The molecule has 102 valence electrons. The molecule has 0 fully saturated rings. The van der Waals surface area contributed by atoms with Crippen molar-refractivity contribution < 1.29 is 8.95 Å². The van der Waals surface area contributed by atoms with Crippen LogP contribution < -0.4 is 4.74 Å². The zero-order valence-corrected chi connectivity index (χ0v) is 12.4. The maximum Gasteiger partial charge on any atom is 0.128 e. The molecule has 1 heterocycles. The van der Waals surface area contributed by atoms with Gasteiger partial charge in [0.25, 0.3) is 0 Å². The van der Waals surface area contributed by atoms with Crippen molar-refractivity contribution in [1.82, 2.24) is 4.98 Å². The predicted octanol–water partition coefficient (Wildman–Crippen LogP) is 2.84. The van der Waals surface area contributed by atoms with Crippen molar-refractivity contribution in [3.63, 3.8) is 0 Å². The molecule has 3 nitrogen and oxygen atoms in total. The number of hydrogen-bond acceptors (Lipinski definition) is 3. The van der Waals surface area contributed by atoms with Gasteiger partial charge in [0.15, 0.2) is 0 Å². The van der Waals surface area contributed by atoms with Crippen LogP contribution in [0.1, 0.15) is 23.2 Å². The van der Waals surface area contributed by atoms with E-state index in [9.17, 15) is 4.21 Å². The average molecular weight is 277 g/mol. The van der Waals surface area contributed by atoms with Crippen molar-refractivity contribution in [3.05, 3.63) is 47.3 Å². The first-order valence-electron chi connectivity index (χ1n) is 6.33. The van der Waals surface area contributed by atoms with Gasteiger partial charge in [-0.2, -0.15) is 0 Å². The van der Waals surface area contributed by atoms with Crippen molar-refractivity contribution in [2.75, 3.05) is 7.11 Å². The second kappa shape index (κ2) is 6.15. The van der Waals surface area contributed by atoms with Crippen LogP contribution in [-0.4, -0.2) is 21.6 Å². The summed E-state index contributed by atoms with van der Waals surface area (Å²) in [5, 5.41) is 0.0958. The highest BCUT2D eigenvalue weighted by molar-refractivity contribution is 7.85. The molecule has 1 aliphatic carbocycles. The number of aromatic nitrogens is 1. The summed E-state index contributed by atoms with van der Waals surface area (Å²) in [5.41, 5.74) is 2.87. The minimum atomic E-state index is -0.941. The Hall–Kier alpha value is -1.42. The quantitative estimate of drug-likeness (QED) is 0.849. The lowest BCUT2D eigenvalue weighted by Crippen LogP contribution is -2.16. The standard InChI is InChI=1S/C15H19NO2S/c1-11-9-16-14(12(2)15(11)18-3)10-19(17)13-7-5-4-6-8-13/h4-7,9,13H,8,10H2,1-3H3. The maximum absolute atomic E-state index is 12.3. The molecule has 0 saturated heterocycles. The Balaban J connectivity index is 2.17. The fourth-order valence-electron chi connectivity index (χ4n) is 2.21. The normalized spacial score (nSPS) is 19.4. The van der Waals surface area contributed by atoms with Crippen LogP contribution in [0.4, 0.5) is 0 Å². The van der Waals surface area contributed by atoms with Crippen LogP contribution in [0.15, 0.2) is 30.5 Å². The fourth-order valence-corrected chi connectivity index (χ4v) is 3.58. The minimum absolute atomic E-state index is 0.0958. The summed E-state index contributed by atoms with van der Waals surface area (Å²) < 4.78 is 17.7. The molecule has 1 aromatic rings. The van der Waals surface area contributed by atoms with Gasteiger partial charge < -0.3 is 4.74 Å². The van der Waals surface area contributed by atoms with Crippen LogP contribution in [0.3, 0.4) is 0 Å². The smallest absolute Gasteiger partial charge is 0.128 e.